The van der Waals surface area contributed by atoms with Gasteiger partial charge in [0.15, 0.2) is 0 Å². The van der Waals surface area contributed by atoms with Gasteiger partial charge in [-0.05, 0) is 43.0 Å². The summed E-state index contributed by atoms with van der Waals surface area (Å²) in [6, 6.07) is 13.2. The third kappa shape index (κ3) is 3.58. The van der Waals surface area contributed by atoms with E-state index in [2.05, 4.69) is 34.6 Å². The summed E-state index contributed by atoms with van der Waals surface area (Å²) in [7, 11) is 0. The summed E-state index contributed by atoms with van der Waals surface area (Å²) in [5, 5.41) is 3.52. The molecule has 2 aromatic rings. The summed E-state index contributed by atoms with van der Waals surface area (Å²) in [5.41, 5.74) is 3.44. The molecule has 1 fully saturated rings. The van der Waals surface area contributed by atoms with Crippen molar-refractivity contribution in [2.24, 2.45) is 0 Å². The molecule has 0 bridgehead atoms. The lowest BCUT2D eigenvalue weighted by Gasteiger charge is -2.09. The third-order valence-electron chi connectivity index (χ3n) is 3.55. The fourth-order valence-electron chi connectivity index (χ4n) is 2.09. The summed E-state index contributed by atoms with van der Waals surface area (Å²) in [4.78, 5) is 4.22. The summed E-state index contributed by atoms with van der Waals surface area (Å²) < 4.78 is 5.79. The first-order valence-electron chi connectivity index (χ1n) is 7.17. The van der Waals surface area contributed by atoms with E-state index in [0.717, 1.165) is 24.0 Å². The molecule has 0 unspecified atom stereocenters. The Morgan fingerprint density at radius 2 is 1.90 bits per heavy atom. The van der Waals surface area contributed by atoms with Crippen LogP contribution in [0.1, 0.15) is 29.7 Å². The van der Waals surface area contributed by atoms with Crippen LogP contribution < -0.4 is 10.1 Å². The highest BCUT2D eigenvalue weighted by Gasteiger charge is 2.19. The van der Waals surface area contributed by atoms with Crippen molar-refractivity contribution >= 4 is 0 Å². The van der Waals surface area contributed by atoms with Gasteiger partial charge in [0.1, 0.15) is 12.4 Å². The molecule has 1 aliphatic carbocycles. The van der Waals surface area contributed by atoms with Crippen LogP contribution in [0.25, 0.3) is 0 Å². The molecule has 20 heavy (non-hydrogen) atoms. The molecule has 3 heteroatoms. The summed E-state index contributed by atoms with van der Waals surface area (Å²) in [6.45, 7) is 3.51. The highest BCUT2D eigenvalue weighted by molar-refractivity contribution is 5.27. The second-order valence-corrected chi connectivity index (χ2v) is 5.35. The van der Waals surface area contributed by atoms with Crippen molar-refractivity contribution in [3.05, 3.63) is 59.4 Å². The van der Waals surface area contributed by atoms with Crippen LogP contribution in [0.2, 0.25) is 0 Å². The minimum Gasteiger partial charge on any atom is -0.487 e. The minimum absolute atomic E-state index is 0.586. The highest BCUT2D eigenvalue weighted by Crippen LogP contribution is 2.19. The molecule has 1 aromatic heterocycles. The Kier molecular flexibility index (Phi) is 3.97. The molecular formula is C17H20N2O. The highest BCUT2D eigenvalue weighted by atomic mass is 16.5. The van der Waals surface area contributed by atoms with Crippen molar-refractivity contribution in [3.8, 4) is 5.75 Å². The monoisotopic (exact) mass is 268 g/mol. The molecule has 1 aromatic carbocycles. The van der Waals surface area contributed by atoms with Crippen molar-refractivity contribution in [1.82, 2.24) is 10.3 Å². The number of benzene rings is 1. The molecular weight excluding hydrogens is 248 g/mol. The number of aromatic nitrogens is 1. The smallest absolute Gasteiger partial charge is 0.141 e. The lowest BCUT2D eigenvalue weighted by molar-refractivity contribution is 0.302. The first-order valence-corrected chi connectivity index (χ1v) is 7.17. The number of ether oxygens (including phenoxy) is 1. The maximum Gasteiger partial charge on any atom is 0.141 e. The van der Waals surface area contributed by atoms with E-state index < -0.39 is 0 Å². The van der Waals surface area contributed by atoms with Crippen molar-refractivity contribution < 1.29 is 4.74 Å². The number of pyridine rings is 1. The van der Waals surface area contributed by atoms with Gasteiger partial charge in [-0.1, -0.05) is 24.3 Å². The van der Waals surface area contributed by atoms with Gasteiger partial charge in [0.25, 0.3) is 0 Å². The second kappa shape index (κ2) is 6.06. The van der Waals surface area contributed by atoms with E-state index in [0.29, 0.717) is 6.61 Å². The average molecular weight is 268 g/mol. The number of hydrogen-bond donors (Lipinski definition) is 1. The standard InChI is InChI=1S/C17H20N2O/c1-13-17(3-2-10-18-13)20-12-15-6-4-14(5-7-15)11-19-16-8-9-16/h2-7,10,16,19H,8-9,11-12H2,1H3. The predicted octanol–water partition coefficient (Wildman–Crippen LogP) is 3.22. The zero-order chi connectivity index (χ0) is 13.8. The van der Waals surface area contributed by atoms with E-state index in [1.54, 1.807) is 6.20 Å². The fraction of sp³-hybridized carbons (Fsp3) is 0.353. The Labute approximate surface area is 120 Å². The molecule has 1 heterocycles. The molecule has 0 aliphatic heterocycles. The van der Waals surface area contributed by atoms with Crippen LogP contribution in [0.4, 0.5) is 0 Å². The third-order valence-corrected chi connectivity index (χ3v) is 3.55. The number of hydrogen-bond acceptors (Lipinski definition) is 3. The van der Waals surface area contributed by atoms with E-state index in [4.69, 9.17) is 4.74 Å². The maximum atomic E-state index is 5.79. The van der Waals surface area contributed by atoms with Gasteiger partial charge in [-0.25, -0.2) is 0 Å². The Morgan fingerprint density at radius 3 is 2.60 bits per heavy atom. The van der Waals surface area contributed by atoms with E-state index in [1.807, 2.05) is 19.1 Å². The van der Waals surface area contributed by atoms with E-state index >= 15 is 0 Å². The van der Waals surface area contributed by atoms with Gasteiger partial charge in [0.2, 0.25) is 0 Å². The Hall–Kier alpha value is -1.87. The SMILES string of the molecule is Cc1ncccc1OCc1ccc(CNC2CC2)cc1. The summed E-state index contributed by atoms with van der Waals surface area (Å²) in [5.74, 6) is 0.854. The molecule has 0 atom stereocenters. The first kappa shape index (κ1) is 13.1. The van der Waals surface area contributed by atoms with Crippen LogP contribution in [0, 0.1) is 6.92 Å². The molecule has 3 rings (SSSR count). The molecule has 104 valence electrons. The summed E-state index contributed by atoms with van der Waals surface area (Å²) in [6.07, 6.45) is 4.44. The van der Waals surface area contributed by atoms with E-state index in [1.165, 1.54) is 24.0 Å². The average Bonchev–Trinajstić information content (AvgIpc) is 3.30. The first-order chi connectivity index (χ1) is 9.81. The number of nitrogens with zero attached hydrogens (tertiary/aromatic N) is 1. The van der Waals surface area contributed by atoms with E-state index in [-0.39, 0.29) is 0 Å². The Morgan fingerprint density at radius 1 is 1.15 bits per heavy atom. The van der Waals surface area contributed by atoms with E-state index in [9.17, 15) is 0 Å². The quantitative estimate of drug-likeness (QED) is 0.873. The molecule has 3 nitrogen and oxygen atoms in total. The largest absolute Gasteiger partial charge is 0.487 e. The number of rotatable bonds is 6. The predicted molar refractivity (Wildman–Crippen MR) is 79.6 cm³/mol. The van der Waals surface area contributed by atoms with Crippen LogP contribution in [0.5, 0.6) is 5.75 Å². The normalized spacial score (nSPS) is 14.2. The maximum absolute atomic E-state index is 5.79. The number of aryl methyl sites for hydroxylation is 1. The van der Waals surface area contributed by atoms with Crippen LogP contribution >= 0.6 is 0 Å². The molecule has 1 N–H and O–H groups in total. The topological polar surface area (TPSA) is 34.1 Å². The van der Waals surface area contributed by atoms with Gasteiger partial charge >= 0.3 is 0 Å². The van der Waals surface area contributed by atoms with Gasteiger partial charge in [0.05, 0.1) is 5.69 Å². The molecule has 0 amide bonds. The minimum atomic E-state index is 0.586. The van der Waals surface area contributed by atoms with Crippen molar-refractivity contribution in [2.75, 3.05) is 0 Å². The molecule has 0 radical (unpaired) electrons. The zero-order valence-corrected chi connectivity index (χ0v) is 11.8. The van der Waals surface area contributed by atoms with Crippen LogP contribution in [0.15, 0.2) is 42.6 Å². The zero-order valence-electron chi connectivity index (χ0n) is 11.8. The lowest BCUT2D eigenvalue weighted by Crippen LogP contribution is -2.15. The van der Waals surface area contributed by atoms with Gasteiger partial charge in [-0.2, -0.15) is 0 Å². The van der Waals surface area contributed by atoms with Crippen LogP contribution in [-0.4, -0.2) is 11.0 Å². The molecule has 0 saturated heterocycles. The Bertz CT molecular complexity index is 561. The van der Waals surface area contributed by atoms with Crippen LogP contribution in [-0.2, 0) is 13.2 Å². The second-order valence-electron chi connectivity index (χ2n) is 5.35. The van der Waals surface area contributed by atoms with Crippen LogP contribution in [0.3, 0.4) is 0 Å². The van der Waals surface area contributed by atoms with Crippen molar-refractivity contribution in [3.63, 3.8) is 0 Å². The summed E-state index contributed by atoms with van der Waals surface area (Å²) >= 11 is 0. The lowest BCUT2D eigenvalue weighted by atomic mass is 10.1. The van der Waals surface area contributed by atoms with Crippen molar-refractivity contribution in [2.45, 2.75) is 39.0 Å². The molecule has 0 spiro atoms. The van der Waals surface area contributed by atoms with Gasteiger partial charge in [-0.15, -0.1) is 0 Å². The number of nitrogens with one attached hydrogen (secondary N) is 1. The fourth-order valence-corrected chi connectivity index (χ4v) is 2.09. The molecule has 1 aliphatic rings. The van der Waals surface area contributed by atoms with Gasteiger partial charge in [0, 0.05) is 18.8 Å². The Balaban J connectivity index is 1.53. The molecule has 1 saturated carbocycles. The van der Waals surface area contributed by atoms with Crippen molar-refractivity contribution in [1.29, 1.82) is 0 Å². The van der Waals surface area contributed by atoms with Gasteiger partial charge < -0.3 is 10.1 Å². The van der Waals surface area contributed by atoms with Gasteiger partial charge in [-0.3, -0.25) is 4.98 Å².